The van der Waals surface area contributed by atoms with Crippen molar-refractivity contribution in [3.63, 3.8) is 0 Å². The van der Waals surface area contributed by atoms with Crippen molar-refractivity contribution in [1.29, 1.82) is 0 Å². The van der Waals surface area contributed by atoms with Crippen LogP contribution in [0.1, 0.15) is 35.8 Å². The monoisotopic (exact) mass is 497 g/mol. The maximum atomic E-state index is 5.09. The lowest BCUT2D eigenvalue weighted by molar-refractivity contribution is 0.180. The smallest absolute Gasteiger partial charge is 0.191 e. The predicted octanol–water partition coefficient (Wildman–Crippen LogP) is 2.70. The normalized spacial score (nSPS) is 11.5. The van der Waals surface area contributed by atoms with Crippen molar-refractivity contribution in [2.24, 2.45) is 4.99 Å². The molecule has 1 aromatic heterocycles. The minimum Gasteiger partial charge on any atom is -0.385 e. The highest BCUT2D eigenvalue weighted by Crippen LogP contribution is 2.17. The summed E-state index contributed by atoms with van der Waals surface area (Å²) in [7, 11) is 3.87. The highest BCUT2D eigenvalue weighted by Gasteiger charge is 2.06. The van der Waals surface area contributed by atoms with Gasteiger partial charge in [-0.15, -0.1) is 35.3 Å². The molecule has 0 saturated heterocycles. The van der Waals surface area contributed by atoms with E-state index in [1.165, 1.54) is 15.6 Å². The van der Waals surface area contributed by atoms with Crippen LogP contribution < -0.4 is 10.6 Å². The Morgan fingerprint density at radius 2 is 2.04 bits per heavy atom. The Morgan fingerprint density at radius 1 is 1.27 bits per heavy atom. The number of rotatable bonds is 12. The summed E-state index contributed by atoms with van der Waals surface area (Å²) in [5.41, 5.74) is 1.23. The summed E-state index contributed by atoms with van der Waals surface area (Å²) in [5.74, 6) is 0.886. The standard InChI is InChI=1S/C18H35N5OS.HI/c1-6-16-15(3)25-17(22-16)9-10-20-18(19-7-2)21-11-13-23(4)12-8-14-24-5;/h6-14H2,1-5H3,(H2,19,20,21);1H. The van der Waals surface area contributed by atoms with Gasteiger partial charge in [0, 0.05) is 51.2 Å². The van der Waals surface area contributed by atoms with Crippen molar-refractivity contribution in [1.82, 2.24) is 20.5 Å². The molecule has 0 amide bonds. The fourth-order valence-electron chi connectivity index (χ4n) is 2.48. The molecule has 0 spiro atoms. The number of hydrogen-bond donors (Lipinski definition) is 2. The zero-order valence-corrected chi connectivity index (χ0v) is 20.1. The number of methoxy groups -OCH3 is 1. The van der Waals surface area contributed by atoms with Crippen LogP contribution in [-0.4, -0.2) is 69.3 Å². The summed E-state index contributed by atoms with van der Waals surface area (Å²) in [6.45, 7) is 11.7. The summed E-state index contributed by atoms with van der Waals surface area (Å²) < 4.78 is 5.09. The second-order valence-electron chi connectivity index (χ2n) is 6.05. The van der Waals surface area contributed by atoms with Crippen LogP contribution in [0.2, 0.25) is 0 Å². The maximum absolute atomic E-state index is 5.09. The van der Waals surface area contributed by atoms with E-state index >= 15 is 0 Å². The zero-order chi connectivity index (χ0) is 18.5. The number of ether oxygens (including phenoxy) is 1. The highest BCUT2D eigenvalue weighted by molar-refractivity contribution is 14.0. The zero-order valence-electron chi connectivity index (χ0n) is 16.9. The second kappa shape index (κ2) is 15.6. The van der Waals surface area contributed by atoms with Gasteiger partial charge in [-0.05, 0) is 33.7 Å². The largest absolute Gasteiger partial charge is 0.385 e. The molecule has 8 heteroatoms. The molecule has 6 nitrogen and oxygen atoms in total. The Bertz CT molecular complexity index is 510. The van der Waals surface area contributed by atoms with Gasteiger partial charge in [-0.1, -0.05) is 6.92 Å². The topological polar surface area (TPSA) is 61.8 Å². The fraction of sp³-hybridized carbons (Fsp3) is 0.778. The van der Waals surface area contributed by atoms with Crippen LogP contribution in [0.5, 0.6) is 0 Å². The molecular formula is C18H36IN5OS. The quantitative estimate of drug-likeness (QED) is 0.201. The lowest BCUT2D eigenvalue weighted by Gasteiger charge is -2.16. The summed E-state index contributed by atoms with van der Waals surface area (Å²) in [6.07, 6.45) is 3.01. The van der Waals surface area contributed by atoms with Crippen molar-refractivity contribution in [3.05, 3.63) is 15.6 Å². The van der Waals surface area contributed by atoms with Gasteiger partial charge in [0.2, 0.25) is 0 Å². The first-order valence-corrected chi connectivity index (χ1v) is 10.1. The molecule has 0 atom stereocenters. The first kappa shape index (κ1) is 25.6. The number of hydrogen-bond acceptors (Lipinski definition) is 5. The van der Waals surface area contributed by atoms with Gasteiger partial charge in [0.15, 0.2) is 5.96 Å². The summed E-state index contributed by atoms with van der Waals surface area (Å²) >= 11 is 1.81. The van der Waals surface area contributed by atoms with Gasteiger partial charge in [-0.3, -0.25) is 4.99 Å². The van der Waals surface area contributed by atoms with Gasteiger partial charge in [-0.2, -0.15) is 0 Å². The Labute approximate surface area is 180 Å². The number of nitrogens with one attached hydrogen (secondary N) is 2. The van der Waals surface area contributed by atoms with E-state index in [0.29, 0.717) is 0 Å². The van der Waals surface area contributed by atoms with E-state index in [0.717, 1.165) is 64.6 Å². The highest BCUT2D eigenvalue weighted by atomic mass is 127. The first-order chi connectivity index (χ1) is 12.1. The van der Waals surface area contributed by atoms with Gasteiger partial charge in [0.05, 0.1) is 17.2 Å². The van der Waals surface area contributed by atoms with Crippen molar-refractivity contribution < 1.29 is 4.74 Å². The first-order valence-electron chi connectivity index (χ1n) is 9.25. The van der Waals surface area contributed by atoms with Gasteiger partial charge in [0.25, 0.3) is 0 Å². The minimum atomic E-state index is 0. The second-order valence-corrected chi connectivity index (χ2v) is 7.34. The molecule has 0 fully saturated rings. The summed E-state index contributed by atoms with van der Waals surface area (Å²) in [6, 6.07) is 0. The SMILES string of the molecule is CCNC(=NCCN(C)CCCOC)NCCc1nc(CC)c(C)s1.I. The molecule has 152 valence electrons. The molecule has 1 heterocycles. The Hall–Kier alpha value is -0.450. The van der Waals surface area contributed by atoms with E-state index in [2.05, 4.69) is 48.3 Å². The van der Waals surface area contributed by atoms with Crippen LogP contribution in [0, 0.1) is 6.92 Å². The van der Waals surface area contributed by atoms with Crippen LogP contribution in [0.15, 0.2) is 4.99 Å². The fourth-order valence-corrected chi connectivity index (χ4v) is 3.50. The molecule has 0 aliphatic heterocycles. The van der Waals surface area contributed by atoms with Crippen LogP contribution in [0.25, 0.3) is 0 Å². The molecule has 2 N–H and O–H groups in total. The molecular weight excluding hydrogens is 461 g/mol. The van der Waals surface area contributed by atoms with Crippen molar-refractivity contribution in [2.75, 3.05) is 53.5 Å². The maximum Gasteiger partial charge on any atom is 0.191 e. The van der Waals surface area contributed by atoms with Crippen LogP contribution >= 0.6 is 35.3 Å². The molecule has 0 aliphatic rings. The number of thiazole rings is 1. The van der Waals surface area contributed by atoms with E-state index in [4.69, 9.17) is 9.72 Å². The average molecular weight is 497 g/mol. The number of likely N-dealkylation sites (N-methyl/N-ethyl adjacent to an activating group) is 1. The van der Waals surface area contributed by atoms with E-state index in [9.17, 15) is 0 Å². The van der Waals surface area contributed by atoms with Crippen LogP contribution in [0.4, 0.5) is 0 Å². The average Bonchev–Trinajstić information content (AvgIpc) is 2.95. The van der Waals surface area contributed by atoms with E-state index in [1.54, 1.807) is 18.4 Å². The van der Waals surface area contributed by atoms with Crippen molar-refractivity contribution >= 4 is 41.3 Å². The third-order valence-electron chi connectivity index (χ3n) is 3.89. The molecule has 0 bridgehead atoms. The van der Waals surface area contributed by atoms with Gasteiger partial charge < -0.3 is 20.3 Å². The van der Waals surface area contributed by atoms with Crippen LogP contribution in [-0.2, 0) is 17.6 Å². The minimum absolute atomic E-state index is 0. The Kier molecular flexibility index (Phi) is 15.3. The number of halogens is 1. The summed E-state index contributed by atoms with van der Waals surface area (Å²) in [4.78, 5) is 13.0. The Balaban J connectivity index is 0.00000625. The molecule has 0 unspecified atom stereocenters. The molecule has 0 aliphatic carbocycles. The molecule has 1 aromatic rings. The molecule has 0 aromatic carbocycles. The molecule has 0 radical (unpaired) electrons. The van der Waals surface area contributed by atoms with Gasteiger partial charge in [0.1, 0.15) is 0 Å². The van der Waals surface area contributed by atoms with Crippen molar-refractivity contribution in [2.45, 2.75) is 40.0 Å². The Morgan fingerprint density at radius 3 is 2.65 bits per heavy atom. The lowest BCUT2D eigenvalue weighted by Crippen LogP contribution is -2.39. The molecule has 26 heavy (non-hydrogen) atoms. The third kappa shape index (κ3) is 10.6. The predicted molar refractivity (Wildman–Crippen MR) is 123 cm³/mol. The number of aromatic nitrogens is 1. The van der Waals surface area contributed by atoms with Gasteiger partial charge >= 0.3 is 0 Å². The number of aliphatic imine (C=N–C) groups is 1. The molecule has 1 rings (SSSR count). The van der Waals surface area contributed by atoms with Gasteiger partial charge in [-0.25, -0.2) is 4.98 Å². The third-order valence-corrected chi connectivity index (χ3v) is 4.96. The number of guanidine groups is 1. The van der Waals surface area contributed by atoms with E-state index in [1.807, 2.05) is 0 Å². The van der Waals surface area contributed by atoms with E-state index in [-0.39, 0.29) is 24.0 Å². The molecule has 0 saturated carbocycles. The van der Waals surface area contributed by atoms with E-state index < -0.39 is 0 Å². The number of nitrogens with zero attached hydrogens (tertiary/aromatic N) is 3. The lowest BCUT2D eigenvalue weighted by atomic mass is 10.3. The van der Waals surface area contributed by atoms with Crippen LogP contribution in [0.3, 0.4) is 0 Å². The summed E-state index contributed by atoms with van der Waals surface area (Å²) in [5, 5.41) is 7.92. The van der Waals surface area contributed by atoms with Crippen molar-refractivity contribution in [3.8, 4) is 0 Å². The number of aryl methyl sites for hydroxylation is 2.